The molecule has 0 saturated heterocycles. The van der Waals surface area contributed by atoms with Gasteiger partial charge in [-0.2, -0.15) is 5.10 Å². The molecule has 0 atom stereocenters. The van der Waals surface area contributed by atoms with E-state index in [1.807, 2.05) is 41.9 Å². The van der Waals surface area contributed by atoms with E-state index in [-0.39, 0.29) is 0 Å². The van der Waals surface area contributed by atoms with Crippen molar-refractivity contribution in [2.45, 2.75) is 0 Å². The number of rotatable bonds is 2. The molecule has 3 N–H and O–H groups in total. The number of thiophene rings is 1. The van der Waals surface area contributed by atoms with Gasteiger partial charge in [-0.1, -0.05) is 24.3 Å². The monoisotopic (exact) mass is 292 g/mol. The maximum atomic E-state index is 6.06. The van der Waals surface area contributed by atoms with Gasteiger partial charge in [0.05, 0.1) is 16.8 Å². The molecule has 0 radical (unpaired) electrons. The van der Waals surface area contributed by atoms with Crippen molar-refractivity contribution >= 4 is 28.1 Å². The van der Waals surface area contributed by atoms with Gasteiger partial charge in [0, 0.05) is 22.0 Å². The second kappa shape index (κ2) is 4.71. The third-order valence-electron chi connectivity index (χ3n) is 3.48. The topological polar surface area (TPSA) is 67.6 Å². The first kappa shape index (κ1) is 12.1. The van der Waals surface area contributed by atoms with E-state index in [2.05, 4.69) is 27.3 Å². The molecule has 4 rings (SSSR count). The number of hydrogen-bond donors (Lipinski definition) is 2. The Labute approximate surface area is 125 Å². The second-order valence-corrected chi connectivity index (χ2v) is 5.66. The minimum absolute atomic E-state index is 0.522. The zero-order chi connectivity index (χ0) is 14.2. The summed E-state index contributed by atoms with van der Waals surface area (Å²) >= 11 is 1.65. The molecule has 5 heteroatoms. The van der Waals surface area contributed by atoms with Crippen molar-refractivity contribution in [3.63, 3.8) is 0 Å². The van der Waals surface area contributed by atoms with Gasteiger partial charge in [-0.05, 0) is 23.6 Å². The number of nitrogens with zero attached hydrogens (tertiary/aromatic N) is 2. The van der Waals surface area contributed by atoms with Crippen LogP contribution in [0.5, 0.6) is 0 Å². The van der Waals surface area contributed by atoms with Crippen molar-refractivity contribution in [3.05, 3.63) is 54.0 Å². The van der Waals surface area contributed by atoms with Crippen LogP contribution >= 0.6 is 11.3 Å². The smallest absolute Gasteiger partial charge is 0.154 e. The average molecular weight is 292 g/mol. The first-order valence-electron chi connectivity index (χ1n) is 6.56. The number of fused-ring (bicyclic) bond motifs is 1. The fourth-order valence-electron chi connectivity index (χ4n) is 2.53. The van der Waals surface area contributed by atoms with E-state index in [0.717, 1.165) is 32.6 Å². The quantitative estimate of drug-likeness (QED) is 0.588. The summed E-state index contributed by atoms with van der Waals surface area (Å²) in [4.78, 5) is 5.51. The summed E-state index contributed by atoms with van der Waals surface area (Å²) in [5, 5.41) is 10.4. The predicted molar refractivity (Wildman–Crippen MR) is 87.1 cm³/mol. The third kappa shape index (κ3) is 1.90. The summed E-state index contributed by atoms with van der Waals surface area (Å²) in [6, 6.07) is 14.1. The zero-order valence-corrected chi connectivity index (χ0v) is 11.9. The molecule has 0 aliphatic heterocycles. The van der Waals surface area contributed by atoms with Crippen LogP contribution in [0.4, 0.5) is 5.82 Å². The molecular weight excluding hydrogens is 280 g/mol. The molecule has 0 unspecified atom stereocenters. The van der Waals surface area contributed by atoms with Crippen LogP contribution in [-0.4, -0.2) is 15.2 Å². The number of para-hydroxylation sites is 1. The predicted octanol–water partition coefficient (Wildman–Crippen LogP) is 3.94. The van der Waals surface area contributed by atoms with Crippen LogP contribution in [0, 0.1) is 0 Å². The van der Waals surface area contributed by atoms with Gasteiger partial charge in [-0.3, -0.25) is 10.1 Å². The maximum Gasteiger partial charge on any atom is 0.154 e. The van der Waals surface area contributed by atoms with Crippen molar-refractivity contribution in [2.75, 3.05) is 5.73 Å². The molecule has 21 heavy (non-hydrogen) atoms. The molecule has 0 amide bonds. The van der Waals surface area contributed by atoms with Gasteiger partial charge in [0.1, 0.15) is 0 Å². The number of pyridine rings is 1. The lowest BCUT2D eigenvalue weighted by Crippen LogP contribution is -1.88. The Morgan fingerprint density at radius 2 is 1.95 bits per heavy atom. The summed E-state index contributed by atoms with van der Waals surface area (Å²) in [5.41, 5.74) is 9.98. The lowest BCUT2D eigenvalue weighted by Gasteiger charge is -2.06. The summed E-state index contributed by atoms with van der Waals surface area (Å²) in [7, 11) is 0. The van der Waals surface area contributed by atoms with Gasteiger partial charge in [0.15, 0.2) is 5.82 Å². The Morgan fingerprint density at radius 1 is 1.05 bits per heavy atom. The summed E-state index contributed by atoms with van der Waals surface area (Å²) in [5.74, 6) is 0.522. The fraction of sp³-hybridized carbons (Fsp3) is 0. The van der Waals surface area contributed by atoms with Crippen LogP contribution in [0.2, 0.25) is 0 Å². The SMILES string of the molecule is Nc1n[nH]c(-c2ccnc3ccccc23)c1-c1cccs1. The Bertz CT molecular complexity index is 904. The van der Waals surface area contributed by atoms with Crippen LogP contribution in [0.1, 0.15) is 0 Å². The standard InChI is InChI=1S/C16H12N4S/c17-16-14(13-6-3-9-21-13)15(19-20-16)11-7-8-18-12-5-2-1-4-10(11)12/h1-9H,(H3,17,19,20). The molecule has 0 fully saturated rings. The Balaban J connectivity index is 2.03. The molecule has 0 aliphatic carbocycles. The second-order valence-electron chi connectivity index (χ2n) is 4.71. The van der Waals surface area contributed by atoms with Gasteiger partial charge >= 0.3 is 0 Å². The number of aromatic nitrogens is 3. The highest BCUT2D eigenvalue weighted by Crippen LogP contribution is 2.39. The summed E-state index contributed by atoms with van der Waals surface area (Å²) in [6.45, 7) is 0. The molecule has 0 saturated carbocycles. The first-order chi connectivity index (χ1) is 10.3. The van der Waals surface area contributed by atoms with Crippen LogP contribution in [-0.2, 0) is 0 Å². The van der Waals surface area contributed by atoms with E-state index in [1.54, 1.807) is 11.3 Å². The van der Waals surface area contributed by atoms with Crippen molar-refractivity contribution in [3.8, 4) is 21.7 Å². The number of benzene rings is 1. The molecule has 3 heterocycles. The number of hydrogen-bond acceptors (Lipinski definition) is 4. The van der Waals surface area contributed by atoms with Gasteiger partial charge in [-0.15, -0.1) is 11.3 Å². The minimum Gasteiger partial charge on any atom is -0.382 e. The Morgan fingerprint density at radius 3 is 2.81 bits per heavy atom. The van der Waals surface area contributed by atoms with E-state index in [9.17, 15) is 0 Å². The number of H-pyrrole nitrogens is 1. The molecule has 3 aromatic heterocycles. The van der Waals surface area contributed by atoms with E-state index in [0.29, 0.717) is 5.82 Å². The van der Waals surface area contributed by atoms with Crippen molar-refractivity contribution in [1.29, 1.82) is 0 Å². The van der Waals surface area contributed by atoms with Crippen LogP contribution in [0.25, 0.3) is 32.6 Å². The van der Waals surface area contributed by atoms with Crippen LogP contribution in [0.15, 0.2) is 54.0 Å². The molecule has 0 aliphatic rings. The summed E-state index contributed by atoms with van der Waals surface area (Å²) < 4.78 is 0. The van der Waals surface area contributed by atoms with E-state index in [4.69, 9.17) is 5.73 Å². The highest BCUT2D eigenvalue weighted by atomic mass is 32.1. The molecule has 4 aromatic rings. The largest absolute Gasteiger partial charge is 0.382 e. The van der Waals surface area contributed by atoms with Gasteiger partial charge in [-0.25, -0.2) is 0 Å². The fourth-order valence-corrected chi connectivity index (χ4v) is 3.32. The average Bonchev–Trinajstić information content (AvgIpc) is 3.16. The first-order valence-corrected chi connectivity index (χ1v) is 7.44. The lowest BCUT2D eigenvalue weighted by atomic mass is 10.0. The number of nitrogens with two attached hydrogens (primary N) is 1. The number of nitrogens with one attached hydrogen (secondary N) is 1. The van der Waals surface area contributed by atoms with E-state index < -0.39 is 0 Å². The van der Waals surface area contributed by atoms with E-state index in [1.165, 1.54) is 0 Å². The number of nitrogen functional groups attached to an aromatic ring is 1. The van der Waals surface area contributed by atoms with Gasteiger partial charge < -0.3 is 5.73 Å². The molecule has 0 bridgehead atoms. The van der Waals surface area contributed by atoms with Crippen molar-refractivity contribution in [2.24, 2.45) is 0 Å². The van der Waals surface area contributed by atoms with Crippen molar-refractivity contribution < 1.29 is 0 Å². The molecule has 4 nitrogen and oxygen atoms in total. The highest BCUT2D eigenvalue weighted by molar-refractivity contribution is 7.13. The van der Waals surface area contributed by atoms with Crippen molar-refractivity contribution in [1.82, 2.24) is 15.2 Å². The number of aromatic amines is 1. The Hall–Kier alpha value is -2.66. The lowest BCUT2D eigenvalue weighted by molar-refractivity contribution is 1.10. The molecule has 102 valence electrons. The third-order valence-corrected chi connectivity index (χ3v) is 4.37. The number of anilines is 1. The molecular formula is C16H12N4S. The Kier molecular flexibility index (Phi) is 2.72. The molecule has 0 spiro atoms. The maximum absolute atomic E-state index is 6.06. The zero-order valence-electron chi connectivity index (χ0n) is 11.1. The minimum atomic E-state index is 0.522. The van der Waals surface area contributed by atoms with Gasteiger partial charge in [0.25, 0.3) is 0 Å². The van der Waals surface area contributed by atoms with Crippen LogP contribution < -0.4 is 5.73 Å². The normalized spacial score (nSPS) is 11.0. The van der Waals surface area contributed by atoms with E-state index >= 15 is 0 Å². The van der Waals surface area contributed by atoms with Gasteiger partial charge in [0.2, 0.25) is 0 Å². The molecule has 1 aromatic carbocycles. The summed E-state index contributed by atoms with van der Waals surface area (Å²) in [6.07, 6.45) is 1.81. The highest BCUT2D eigenvalue weighted by Gasteiger charge is 2.17. The van der Waals surface area contributed by atoms with Crippen LogP contribution in [0.3, 0.4) is 0 Å².